The maximum Gasteiger partial charge on any atom is 0.0517 e. The van der Waals surface area contributed by atoms with Crippen molar-refractivity contribution >= 4 is 27.3 Å². The van der Waals surface area contributed by atoms with Crippen LogP contribution in [0.15, 0.2) is 40.9 Å². The van der Waals surface area contributed by atoms with Gasteiger partial charge in [-0.3, -0.25) is 0 Å². The van der Waals surface area contributed by atoms with E-state index in [1.54, 1.807) is 0 Å². The highest BCUT2D eigenvalue weighted by molar-refractivity contribution is 9.10. The molecule has 2 aromatic rings. The summed E-state index contributed by atoms with van der Waals surface area (Å²) in [6.07, 6.45) is 1.10. The lowest BCUT2D eigenvalue weighted by atomic mass is 9.99. The average Bonchev–Trinajstić information content (AvgIpc) is 2.42. The molecule has 19 heavy (non-hydrogen) atoms. The number of benzene rings is 2. The van der Waals surface area contributed by atoms with Crippen molar-refractivity contribution in [1.82, 2.24) is 0 Å². The molecule has 0 aromatic heterocycles. The van der Waals surface area contributed by atoms with E-state index in [2.05, 4.69) is 58.1 Å². The van der Waals surface area contributed by atoms with Crippen molar-refractivity contribution in [1.29, 1.82) is 0 Å². The molecule has 0 unspecified atom stereocenters. The molecule has 0 saturated carbocycles. The minimum atomic E-state index is 0.841. The largest absolute Gasteiger partial charge is 0.398 e. The molecule has 2 nitrogen and oxygen atoms in total. The van der Waals surface area contributed by atoms with E-state index >= 15 is 0 Å². The first kappa shape index (κ1) is 12.5. The van der Waals surface area contributed by atoms with E-state index in [9.17, 15) is 0 Å². The van der Waals surface area contributed by atoms with Crippen molar-refractivity contribution < 1.29 is 0 Å². The zero-order valence-corrected chi connectivity index (χ0v) is 12.6. The number of aryl methyl sites for hydroxylation is 1. The van der Waals surface area contributed by atoms with Crippen LogP contribution in [-0.2, 0) is 13.0 Å². The lowest BCUT2D eigenvalue weighted by molar-refractivity contribution is 0.730. The minimum Gasteiger partial charge on any atom is -0.398 e. The molecule has 3 heteroatoms. The Morgan fingerprint density at radius 3 is 2.68 bits per heavy atom. The summed E-state index contributed by atoms with van der Waals surface area (Å²) in [6, 6.07) is 12.9. The van der Waals surface area contributed by atoms with Crippen molar-refractivity contribution in [2.24, 2.45) is 0 Å². The number of fused-ring (bicyclic) bond motifs is 1. The summed E-state index contributed by atoms with van der Waals surface area (Å²) in [4.78, 5) is 2.42. The average molecular weight is 317 g/mol. The van der Waals surface area contributed by atoms with Crippen molar-refractivity contribution in [2.75, 3.05) is 17.2 Å². The molecule has 3 rings (SSSR count). The molecule has 1 aliphatic heterocycles. The van der Waals surface area contributed by atoms with E-state index in [4.69, 9.17) is 5.73 Å². The molecule has 0 spiro atoms. The van der Waals surface area contributed by atoms with Gasteiger partial charge in [0.25, 0.3) is 0 Å². The van der Waals surface area contributed by atoms with Crippen LogP contribution >= 0.6 is 15.9 Å². The van der Waals surface area contributed by atoms with Gasteiger partial charge in [0.05, 0.1) is 5.69 Å². The van der Waals surface area contributed by atoms with Gasteiger partial charge in [-0.05, 0) is 58.1 Å². The van der Waals surface area contributed by atoms with Crippen LogP contribution in [0.2, 0.25) is 0 Å². The Bertz CT molecular complexity index is 622. The van der Waals surface area contributed by atoms with E-state index in [1.807, 2.05) is 6.07 Å². The quantitative estimate of drug-likeness (QED) is 0.808. The molecule has 0 amide bonds. The first-order valence-electron chi connectivity index (χ1n) is 6.52. The summed E-state index contributed by atoms with van der Waals surface area (Å²) in [5.74, 6) is 0. The minimum absolute atomic E-state index is 0.841. The number of nitrogens with two attached hydrogens (primary N) is 1. The standard InChI is InChI=1S/C16H17BrN2/c1-11-8-16(14(17)9-15(11)18)19-7-6-12-4-2-3-5-13(12)10-19/h2-5,8-9H,6-7,10,18H2,1H3. The first-order chi connectivity index (χ1) is 9.15. The van der Waals surface area contributed by atoms with Gasteiger partial charge in [0.15, 0.2) is 0 Å². The second-order valence-corrected chi connectivity index (χ2v) is 5.95. The number of halogens is 1. The molecule has 0 radical (unpaired) electrons. The van der Waals surface area contributed by atoms with Gasteiger partial charge in [-0.25, -0.2) is 0 Å². The highest BCUT2D eigenvalue weighted by atomic mass is 79.9. The second kappa shape index (κ2) is 4.89. The van der Waals surface area contributed by atoms with Gasteiger partial charge in [0, 0.05) is 23.2 Å². The van der Waals surface area contributed by atoms with Gasteiger partial charge in [0.2, 0.25) is 0 Å². The number of nitrogens with zero attached hydrogens (tertiary/aromatic N) is 1. The van der Waals surface area contributed by atoms with Gasteiger partial charge < -0.3 is 10.6 Å². The molecule has 1 heterocycles. The van der Waals surface area contributed by atoms with Gasteiger partial charge in [-0.1, -0.05) is 24.3 Å². The number of nitrogen functional groups attached to an aromatic ring is 1. The van der Waals surface area contributed by atoms with Crippen LogP contribution in [0, 0.1) is 6.92 Å². The first-order valence-corrected chi connectivity index (χ1v) is 7.32. The number of hydrogen-bond donors (Lipinski definition) is 1. The fourth-order valence-electron chi connectivity index (χ4n) is 2.63. The van der Waals surface area contributed by atoms with Gasteiger partial charge in [-0.15, -0.1) is 0 Å². The number of anilines is 2. The third-order valence-electron chi connectivity index (χ3n) is 3.81. The summed E-state index contributed by atoms with van der Waals surface area (Å²) in [5, 5.41) is 0. The zero-order valence-electron chi connectivity index (χ0n) is 11.0. The highest BCUT2D eigenvalue weighted by Gasteiger charge is 2.18. The fraction of sp³-hybridized carbons (Fsp3) is 0.250. The smallest absolute Gasteiger partial charge is 0.0517 e. The number of hydrogen-bond acceptors (Lipinski definition) is 2. The fourth-order valence-corrected chi connectivity index (χ4v) is 3.24. The Balaban J connectivity index is 1.95. The Labute approximate surface area is 122 Å². The summed E-state index contributed by atoms with van der Waals surface area (Å²) in [6.45, 7) is 4.08. The Hall–Kier alpha value is -1.48. The van der Waals surface area contributed by atoms with E-state index in [0.29, 0.717) is 0 Å². The Morgan fingerprint density at radius 1 is 1.16 bits per heavy atom. The molecule has 0 bridgehead atoms. The molecular formula is C16H17BrN2. The van der Waals surface area contributed by atoms with Crippen molar-refractivity contribution in [3.8, 4) is 0 Å². The van der Waals surface area contributed by atoms with Crippen LogP contribution in [0.1, 0.15) is 16.7 Å². The Morgan fingerprint density at radius 2 is 1.89 bits per heavy atom. The maximum absolute atomic E-state index is 5.95. The molecule has 0 aliphatic carbocycles. The van der Waals surface area contributed by atoms with Crippen LogP contribution in [-0.4, -0.2) is 6.54 Å². The van der Waals surface area contributed by atoms with Gasteiger partial charge in [-0.2, -0.15) is 0 Å². The molecule has 2 aromatic carbocycles. The SMILES string of the molecule is Cc1cc(N2CCc3ccccc3C2)c(Br)cc1N. The molecule has 0 atom stereocenters. The van der Waals surface area contributed by atoms with Crippen LogP contribution in [0.25, 0.3) is 0 Å². The van der Waals surface area contributed by atoms with Crippen LogP contribution in [0.5, 0.6) is 0 Å². The molecule has 0 fully saturated rings. The summed E-state index contributed by atoms with van der Waals surface area (Å²) < 4.78 is 1.08. The highest BCUT2D eigenvalue weighted by Crippen LogP contribution is 2.33. The summed E-state index contributed by atoms with van der Waals surface area (Å²) >= 11 is 3.64. The predicted octanol–water partition coefficient (Wildman–Crippen LogP) is 3.90. The Kier molecular flexibility index (Phi) is 3.23. The van der Waals surface area contributed by atoms with Gasteiger partial charge in [0.1, 0.15) is 0 Å². The normalized spacial score (nSPS) is 14.3. The third kappa shape index (κ3) is 2.35. The van der Waals surface area contributed by atoms with Crippen LogP contribution in [0.4, 0.5) is 11.4 Å². The van der Waals surface area contributed by atoms with Crippen molar-refractivity contribution in [2.45, 2.75) is 19.9 Å². The van der Waals surface area contributed by atoms with Crippen LogP contribution in [0.3, 0.4) is 0 Å². The lowest BCUT2D eigenvalue weighted by Gasteiger charge is -2.32. The summed E-state index contributed by atoms with van der Waals surface area (Å²) in [5.41, 5.74) is 12.1. The number of rotatable bonds is 1. The molecule has 98 valence electrons. The van der Waals surface area contributed by atoms with Crippen molar-refractivity contribution in [3.05, 3.63) is 57.6 Å². The monoisotopic (exact) mass is 316 g/mol. The topological polar surface area (TPSA) is 29.3 Å². The molecule has 1 aliphatic rings. The predicted molar refractivity (Wildman–Crippen MR) is 84.5 cm³/mol. The zero-order chi connectivity index (χ0) is 13.4. The summed E-state index contributed by atoms with van der Waals surface area (Å²) in [7, 11) is 0. The molecule has 2 N–H and O–H groups in total. The van der Waals surface area contributed by atoms with Crippen LogP contribution < -0.4 is 10.6 Å². The lowest BCUT2D eigenvalue weighted by Crippen LogP contribution is -2.30. The van der Waals surface area contributed by atoms with Crippen molar-refractivity contribution in [3.63, 3.8) is 0 Å². The van der Waals surface area contributed by atoms with Gasteiger partial charge >= 0.3 is 0 Å². The third-order valence-corrected chi connectivity index (χ3v) is 4.44. The maximum atomic E-state index is 5.95. The second-order valence-electron chi connectivity index (χ2n) is 5.10. The van der Waals surface area contributed by atoms with E-state index < -0.39 is 0 Å². The van der Waals surface area contributed by atoms with E-state index in [-0.39, 0.29) is 0 Å². The molecular weight excluding hydrogens is 300 g/mol. The van der Waals surface area contributed by atoms with E-state index in [0.717, 1.165) is 35.2 Å². The van der Waals surface area contributed by atoms with E-state index in [1.165, 1.54) is 16.8 Å². The molecule has 0 saturated heterocycles.